The predicted molar refractivity (Wildman–Crippen MR) is 110 cm³/mol. The molecule has 1 aliphatic heterocycles. The van der Waals surface area contributed by atoms with Crippen molar-refractivity contribution in [2.75, 3.05) is 16.8 Å². The van der Waals surface area contributed by atoms with E-state index in [4.69, 9.17) is 0 Å². The van der Waals surface area contributed by atoms with E-state index in [2.05, 4.69) is 20.3 Å². The lowest BCUT2D eigenvalue weighted by molar-refractivity contribution is -0.122. The van der Waals surface area contributed by atoms with Gasteiger partial charge in [0.15, 0.2) is 0 Å². The molecule has 1 saturated heterocycles. The molecule has 2 amide bonds. The molecular weight excluding hydrogens is 374 g/mol. The monoisotopic (exact) mass is 391 g/mol. The zero-order chi connectivity index (χ0) is 19.3. The van der Waals surface area contributed by atoms with E-state index in [0.717, 1.165) is 31.9 Å². The van der Waals surface area contributed by atoms with Crippen molar-refractivity contribution in [1.82, 2.24) is 15.0 Å². The molecule has 2 N–H and O–H groups in total. The highest BCUT2D eigenvalue weighted by Crippen LogP contribution is 2.30. The molecule has 28 heavy (non-hydrogen) atoms. The number of thiazole rings is 1. The van der Waals surface area contributed by atoms with Crippen molar-refractivity contribution in [3.05, 3.63) is 47.7 Å². The van der Waals surface area contributed by atoms with Crippen LogP contribution in [0.2, 0.25) is 0 Å². The van der Waals surface area contributed by atoms with E-state index in [9.17, 15) is 9.59 Å². The van der Waals surface area contributed by atoms with Crippen molar-refractivity contribution in [2.45, 2.75) is 13.3 Å². The third kappa shape index (κ3) is 2.91. The molecule has 1 fully saturated rings. The fraction of sp³-hybridized carbons (Fsp3) is 0.200. The molecule has 1 atom stereocenters. The molecule has 1 unspecified atom stereocenters. The molecule has 3 heterocycles. The lowest BCUT2D eigenvalue weighted by Crippen LogP contribution is -2.28. The Kier molecular flexibility index (Phi) is 3.87. The van der Waals surface area contributed by atoms with Crippen LogP contribution < -0.4 is 10.2 Å². The van der Waals surface area contributed by atoms with Crippen molar-refractivity contribution in [3.8, 4) is 0 Å². The van der Waals surface area contributed by atoms with Gasteiger partial charge in [0.25, 0.3) is 0 Å². The van der Waals surface area contributed by atoms with Gasteiger partial charge in [-0.3, -0.25) is 9.59 Å². The van der Waals surface area contributed by atoms with Gasteiger partial charge in [-0.05, 0) is 43.3 Å². The number of aromatic nitrogens is 3. The van der Waals surface area contributed by atoms with Gasteiger partial charge in [-0.25, -0.2) is 9.97 Å². The molecule has 7 nitrogen and oxygen atoms in total. The van der Waals surface area contributed by atoms with Gasteiger partial charge in [-0.2, -0.15) is 0 Å². The Bertz CT molecular complexity index is 1230. The second kappa shape index (κ2) is 6.42. The quantitative estimate of drug-likeness (QED) is 0.559. The molecule has 1 aliphatic rings. The van der Waals surface area contributed by atoms with Crippen molar-refractivity contribution in [1.29, 1.82) is 0 Å². The summed E-state index contributed by atoms with van der Waals surface area (Å²) in [6.45, 7) is 2.33. The second-order valence-electron chi connectivity index (χ2n) is 6.91. The van der Waals surface area contributed by atoms with Gasteiger partial charge in [0, 0.05) is 24.3 Å². The number of aromatic amines is 1. The number of anilines is 2. The fourth-order valence-electron chi connectivity index (χ4n) is 3.59. The van der Waals surface area contributed by atoms with Crippen LogP contribution in [0.25, 0.3) is 21.3 Å². The first-order valence-electron chi connectivity index (χ1n) is 8.98. The highest BCUT2D eigenvalue weighted by Gasteiger charge is 2.35. The maximum atomic E-state index is 12.7. The number of nitrogens with zero attached hydrogens (tertiary/aromatic N) is 3. The summed E-state index contributed by atoms with van der Waals surface area (Å²) in [6.07, 6.45) is 1.82. The predicted octanol–water partition coefficient (Wildman–Crippen LogP) is 3.47. The summed E-state index contributed by atoms with van der Waals surface area (Å²) in [7, 11) is 0. The smallest absolute Gasteiger partial charge is 0.229 e. The second-order valence-corrected chi connectivity index (χ2v) is 8.15. The minimum Gasteiger partial charge on any atom is -0.345 e. The largest absolute Gasteiger partial charge is 0.345 e. The minimum atomic E-state index is -0.391. The number of aryl methyl sites for hydroxylation is 1. The Balaban J connectivity index is 1.33. The van der Waals surface area contributed by atoms with E-state index in [0.29, 0.717) is 12.2 Å². The molecule has 2 aromatic heterocycles. The van der Waals surface area contributed by atoms with Crippen molar-refractivity contribution < 1.29 is 9.59 Å². The van der Waals surface area contributed by atoms with Crippen LogP contribution in [0, 0.1) is 12.8 Å². The first kappa shape index (κ1) is 16.9. The Morgan fingerprint density at radius 3 is 3.04 bits per heavy atom. The maximum absolute atomic E-state index is 12.7. The zero-order valence-electron chi connectivity index (χ0n) is 15.1. The van der Waals surface area contributed by atoms with Gasteiger partial charge in [-0.1, -0.05) is 0 Å². The Morgan fingerprint density at radius 1 is 1.25 bits per heavy atom. The summed E-state index contributed by atoms with van der Waals surface area (Å²) >= 11 is 1.63. The van der Waals surface area contributed by atoms with Gasteiger partial charge in [-0.15, -0.1) is 11.3 Å². The molecule has 8 heteroatoms. The number of amides is 2. The molecule has 0 radical (unpaired) electrons. The zero-order valence-corrected chi connectivity index (χ0v) is 15.9. The number of benzene rings is 2. The Hall–Kier alpha value is -3.26. The molecule has 140 valence electrons. The highest BCUT2D eigenvalue weighted by atomic mass is 32.1. The number of fused-ring (bicyclic) bond motifs is 2. The van der Waals surface area contributed by atoms with Gasteiger partial charge in [0.2, 0.25) is 11.8 Å². The third-order valence-corrected chi connectivity index (χ3v) is 5.93. The van der Waals surface area contributed by atoms with Crippen molar-refractivity contribution >= 4 is 55.8 Å². The van der Waals surface area contributed by atoms with Crippen LogP contribution in [0.1, 0.15) is 11.4 Å². The molecule has 4 aromatic rings. The summed E-state index contributed by atoms with van der Waals surface area (Å²) in [5, 5.41) is 3.91. The van der Waals surface area contributed by atoms with Crippen LogP contribution in [-0.2, 0) is 9.59 Å². The van der Waals surface area contributed by atoms with Gasteiger partial charge in [0.05, 0.1) is 38.5 Å². The molecule has 0 bridgehead atoms. The van der Waals surface area contributed by atoms with E-state index >= 15 is 0 Å². The number of imidazole rings is 1. The highest BCUT2D eigenvalue weighted by molar-refractivity contribution is 7.18. The molecule has 2 aromatic carbocycles. The van der Waals surface area contributed by atoms with Crippen LogP contribution in [0.3, 0.4) is 0 Å². The molecule has 0 spiro atoms. The summed E-state index contributed by atoms with van der Waals surface area (Å²) < 4.78 is 1.09. The fourth-order valence-corrected chi connectivity index (χ4v) is 4.40. The van der Waals surface area contributed by atoms with Crippen molar-refractivity contribution in [2.24, 2.45) is 5.92 Å². The van der Waals surface area contributed by atoms with Gasteiger partial charge >= 0.3 is 0 Å². The normalized spacial score (nSPS) is 17.0. The molecule has 0 saturated carbocycles. The third-order valence-electron chi connectivity index (χ3n) is 4.97. The molecule has 0 aliphatic carbocycles. The summed E-state index contributed by atoms with van der Waals surface area (Å²) in [6, 6.07) is 11.3. The Labute approximate surface area is 164 Å². The van der Waals surface area contributed by atoms with Crippen molar-refractivity contribution in [3.63, 3.8) is 0 Å². The van der Waals surface area contributed by atoms with Gasteiger partial charge < -0.3 is 15.2 Å². The number of H-pyrrole nitrogens is 1. The van der Waals surface area contributed by atoms with Gasteiger partial charge in [0.1, 0.15) is 0 Å². The minimum absolute atomic E-state index is 0.0459. The number of hydrogen-bond donors (Lipinski definition) is 2. The van der Waals surface area contributed by atoms with Crippen LogP contribution in [0.15, 0.2) is 42.7 Å². The SMILES string of the molecule is Cc1nc2cc(N3CC(C(=O)Nc4ccc5nc[nH]c5c4)CC3=O)ccc2s1. The topological polar surface area (TPSA) is 91.0 Å². The van der Waals surface area contributed by atoms with Crippen LogP contribution in [0.5, 0.6) is 0 Å². The first-order valence-corrected chi connectivity index (χ1v) is 9.80. The molecule has 5 rings (SSSR count). The van der Waals surface area contributed by atoms with Crippen LogP contribution in [-0.4, -0.2) is 33.3 Å². The van der Waals surface area contributed by atoms with E-state index in [-0.39, 0.29) is 18.2 Å². The van der Waals surface area contributed by atoms with Crippen LogP contribution >= 0.6 is 11.3 Å². The lowest BCUT2D eigenvalue weighted by atomic mass is 10.1. The number of nitrogens with one attached hydrogen (secondary N) is 2. The lowest BCUT2D eigenvalue weighted by Gasteiger charge is -2.16. The van der Waals surface area contributed by atoms with E-state index in [1.807, 2.05) is 43.3 Å². The summed E-state index contributed by atoms with van der Waals surface area (Å²) in [5.74, 6) is -0.589. The van der Waals surface area contributed by atoms with E-state index in [1.54, 1.807) is 22.6 Å². The van der Waals surface area contributed by atoms with Crippen LogP contribution in [0.4, 0.5) is 11.4 Å². The first-order chi connectivity index (χ1) is 13.6. The Morgan fingerprint density at radius 2 is 2.14 bits per heavy atom. The standard InChI is InChI=1S/C20H17N5O2S/c1-11-23-17-8-14(3-5-18(17)28-11)25-9-12(6-19(25)26)20(27)24-13-2-4-15-16(7-13)22-10-21-15/h2-5,7-8,10,12H,6,9H2,1H3,(H,21,22)(H,24,27). The summed E-state index contributed by atoms with van der Waals surface area (Å²) in [4.78, 5) is 38.6. The van der Waals surface area contributed by atoms with E-state index in [1.165, 1.54) is 0 Å². The average Bonchev–Trinajstić information content (AvgIpc) is 3.37. The number of rotatable bonds is 3. The number of hydrogen-bond acceptors (Lipinski definition) is 5. The average molecular weight is 391 g/mol. The number of carbonyl (C=O) groups is 2. The van der Waals surface area contributed by atoms with E-state index < -0.39 is 5.92 Å². The summed E-state index contributed by atoms with van der Waals surface area (Å²) in [5.41, 5.74) is 4.05. The number of carbonyl (C=O) groups excluding carboxylic acids is 2. The maximum Gasteiger partial charge on any atom is 0.229 e. The molecular formula is C20H17N5O2S.